The van der Waals surface area contributed by atoms with Gasteiger partial charge >= 0.3 is 0 Å². The van der Waals surface area contributed by atoms with E-state index in [1.807, 2.05) is 30.3 Å². The van der Waals surface area contributed by atoms with Crippen LogP contribution in [0.25, 0.3) is 10.9 Å². The number of para-hydroxylation sites is 1. The zero-order valence-electron chi connectivity index (χ0n) is 14.6. The van der Waals surface area contributed by atoms with E-state index in [1.165, 1.54) is 0 Å². The molecule has 2 saturated heterocycles. The molecule has 0 saturated carbocycles. The van der Waals surface area contributed by atoms with Crippen molar-refractivity contribution in [3.05, 3.63) is 46.2 Å². The largest absolute Gasteiger partial charge is 0.381 e. The number of nitrogens with zero attached hydrogens (tertiary/aromatic N) is 1. The summed E-state index contributed by atoms with van der Waals surface area (Å²) in [4.78, 5) is 17.9. The molecule has 2 aliphatic heterocycles. The van der Waals surface area contributed by atoms with Crippen LogP contribution < -0.4 is 5.56 Å². The number of hydrogen-bond donors (Lipinski definition) is 1. The molecule has 0 spiro atoms. The number of nitrogens with one attached hydrogen (secondary N) is 1. The van der Waals surface area contributed by atoms with Gasteiger partial charge in [-0.05, 0) is 42.7 Å². The lowest BCUT2D eigenvalue weighted by Gasteiger charge is -2.38. The second kappa shape index (κ2) is 7.68. The molecule has 0 aliphatic carbocycles. The van der Waals surface area contributed by atoms with E-state index in [4.69, 9.17) is 9.47 Å². The van der Waals surface area contributed by atoms with Crippen molar-refractivity contribution in [2.75, 3.05) is 33.0 Å². The molecule has 3 heterocycles. The molecule has 1 aromatic carbocycles. The van der Waals surface area contributed by atoms with Crippen LogP contribution >= 0.6 is 0 Å². The fourth-order valence-corrected chi connectivity index (χ4v) is 4.01. The number of fused-ring (bicyclic) bond motifs is 1. The summed E-state index contributed by atoms with van der Waals surface area (Å²) in [6.07, 6.45) is 3.41. The molecule has 1 aromatic heterocycles. The van der Waals surface area contributed by atoms with Crippen molar-refractivity contribution >= 4 is 10.9 Å². The Morgan fingerprint density at radius 3 is 2.84 bits per heavy atom. The molecule has 134 valence electrons. The van der Waals surface area contributed by atoms with Crippen LogP contribution in [0.3, 0.4) is 0 Å². The van der Waals surface area contributed by atoms with Crippen molar-refractivity contribution in [2.45, 2.75) is 31.8 Å². The maximum Gasteiger partial charge on any atom is 0.252 e. The Morgan fingerprint density at radius 2 is 1.96 bits per heavy atom. The number of rotatable bonds is 4. The highest BCUT2D eigenvalue weighted by atomic mass is 16.5. The molecule has 4 rings (SSSR count). The first kappa shape index (κ1) is 16.8. The third-order valence-electron chi connectivity index (χ3n) is 5.50. The quantitative estimate of drug-likeness (QED) is 0.928. The molecule has 1 unspecified atom stereocenters. The standard InChI is InChI=1S/C20H26N2O3/c23-20-17(12-16-3-1-2-4-19(16)21-20)13-22-7-10-25-14-18(22)11-15-5-8-24-9-6-15/h1-4,12,15,18H,5-11,13-14H2,(H,21,23). The summed E-state index contributed by atoms with van der Waals surface area (Å²) >= 11 is 0. The molecule has 0 amide bonds. The summed E-state index contributed by atoms with van der Waals surface area (Å²) in [6, 6.07) is 10.4. The van der Waals surface area contributed by atoms with Crippen LogP contribution in [0, 0.1) is 5.92 Å². The maximum atomic E-state index is 12.5. The van der Waals surface area contributed by atoms with Crippen LogP contribution in [0.5, 0.6) is 0 Å². The van der Waals surface area contributed by atoms with Crippen molar-refractivity contribution < 1.29 is 9.47 Å². The highest BCUT2D eigenvalue weighted by molar-refractivity contribution is 5.78. The second-order valence-electron chi connectivity index (χ2n) is 7.20. The number of aromatic nitrogens is 1. The van der Waals surface area contributed by atoms with Gasteiger partial charge in [0.05, 0.1) is 13.2 Å². The van der Waals surface area contributed by atoms with Crippen molar-refractivity contribution in [1.29, 1.82) is 0 Å². The molecule has 2 aliphatic rings. The molecule has 25 heavy (non-hydrogen) atoms. The highest BCUT2D eigenvalue weighted by Crippen LogP contribution is 2.25. The molecule has 5 nitrogen and oxygen atoms in total. The summed E-state index contributed by atoms with van der Waals surface area (Å²) in [5.74, 6) is 0.706. The summed E-state index contributed by atoms with van der Waals surface area (Å²) in [6.45, 7) is 4.85. The minimum Gasteiger partial charge on any atom is -0.381 e. The van der Waals surface area contributed by atoms with Gasteiger partial charge in [-0.1, -0.05) is 18.2 Å². The first-order valence-corrected chi connectivity index (χ1v) is 9.30. The Morgan fingerprint density at radius 1 is 1.12 bits per heavy atom. The summed E-state index contributed by atoms with van der Waals surface area (Å²) in [7, 11) is 0. The van der Waals surface area contributed by atoms with Gasteiger partial charge in [0.1, 0.15) is 0 Å². The van der Waals surface area contributed by atoms with E-state index in [0.717, 1.165) is 68.7 Å². The van der Waals surface area contributed by atoms with E-state index in [2.05, 4.69) is 9.88 Å². The summed E-state index contributed by atoms with van der Waals surface area (Å²) in [5.41, 5.74) is 1.77. The van der Waals surface area contributed by atoms with Gasteiger partial charge in [0, 0.05) is 43.4 Å². The molecule has 1 N–H and O–H groups in total. The van der Waals surface area contributed by atoms with E-state index < -0.39 is 0 Å². The number of ether oxygens (including phenoxy) is 2. The van der Waals surface area contributed by atoms with E-state index in [1.54, 1.807) is 0 Å². The monoisotopic (exact) mass is 342 g/mol. The van der Waals surface area contributed by atoms with E-state index >= 15 is 0 Å². The Bertz CT molecular complexity index is 767. The van der Waals surface area contributed by atoms with E-state index in [0.29, 0.717) is 18.5 Å². The zero-order chi connectivity index (χ0) is 17.1. The Hall–Kier alpha value is -1.69. The molecule has 2 aromatic rings. The third kappa shape index (κ3) is 3.94. The van der Waals surface area contributed by atoms with Gasteiger partial charge in [0.15, 0.2) is 0 Å². The Balaban J connectivity index is 1.51. The van der Waals surface area contributed by atoms with Crippen LogP contribution in [0.2, 0.25) is 0 Å². The van der Waals surface area contributed by atoms with Gasteiger partial charge in [-0.25, -0.2) is 0 Å². The van der Waals surface area contributed by atoms with Crippen LogP contribution in [0.1, 0.15) is 24.8 Å². The van der Waals surface area contributed by atoms with Gasteiger partial charge in [-0.15, -0.1) is 0 Å². The Labute approximate surface area is 147 Å². The minimum atomic E-state index is 0.0232. The van der Waals surface area contributed by atoms with Gasteiger partial charge < -0.3 is 14.5 Å². The maximum absolute atomic E-state index is 12.5. The molecule has 1 atom stereocenters. The predicted molar refractivity (Wildman–Crippen MR) is 97.7 cm³/mol. The molecule has 5 heteroatoms. The lowest BCUT2D eigenvalue weighted by Crippen LogP contribution is -2.46. The zero-order valence-corrected chi connectivity index (χ0v) is 14.6. The summed E-state index contributed by atoms with van der Waals surface area (Å²) < 4.78 is 11.2. The van der Waals surface area contributed by atoms with Crippen molar-refractivity contribution in [1.82, 2.24) is 9.88 Å². The van der Waals surface area contributed by atoms with E-state index in [9.17, 15) is 4.79 Å². The average molecular weight is 342 g/mol. The van der Waals surface area contributed by atoms with Gasteiger partial charge in [-0.2, -0.15) is 0 Å². The topological polar surface area (TPSA) is 54.6 Å². The molecular weight excluding hydrogens is 316 g/mol. The lowest BCUT2D eigenvalue weighted by molar-refractivity contribution is -0.0291. The fraction of sp³-hybridized carbons (Fsp3) is 0.550. The number of hydrogen-bond acceptors (Lipinski definition) is 4. The normalized spacial score (nSPS) is 23.1. The van der Waals surface area contributed by atoms with Crippen LogP contribution in [-0.2, 0) is 16.0 Å². The number of aromatic amines is 1. The van der Waals surface area contributed by atoms with Crippen molar-refractivity contribution in [3.8, 4) is 0 Å². The van der Waals surface area contributed by atoms with Gasteiger partial charge in [-0.3, -0.25) is 9.69 Å². The minimum absolute atomic E-state index is 0.0232. The smallest absolute Gasteiger partial charge is 0.252 e. The predicted octanol–water partition coefficient (Wildman–Crippen LogP) is 2.55. The number of pyridine rings is 1. The SMILES string of the molecule is O=c1[nH]c2ccccc2cc1CN1CCOCC1CC1CCOCC1. The highest BCUT2D eigenvalue weighted by Gasteiger charge is 2.27. The molecule has 0 bridgehead atoms. The van der Waals surface area contributed by atoms with Gasteiger partial charge in [0.25, 0.3) is 5.56 Å². The average Bonchev–Trinajstić information content (AvgIpc) is 2.65. The van der Waals surface area contributed by atoms with E-state index in [-0.39, 0.29) is 5.56 Å². The second-order valence-corrected chi connectivity index (χ2v) is 7.20. The Kier molecular flexibility index (Phi) is 5.15. The number of benzene rings is 1. The van der Waals surface area contributed by atoms with Gasteiger partial charge in [0.2, 0.25) is 0 Å². The first-order valence-electron chi connectivity index (χ1n) is 9.30. The number of morpholine rings is 1. The van der Waals surface area contributed by atoms with Crippen molar-refractivity contribution in [3.63, 3.8) is 0 Å². The van der Waals surface area contributed by atoms with Crippen molar-refractivity contribution in [2.24, 2.45) is 5.92 Å². The molecular formula is C20H26N2O3. The fourth-order valence-electron chi connectivity index (χ4n) is 4.01. The lowest BCUT2D eigenvalue weighted by atomic mass is 9.91. The molecule has 2 fully saturated rings. The number of H-pyrrole nitrogens is 1. The molecule has 0 radical (unpaired) electrons. The van der Waals surface area contributed by atoms with Crippen LogP contribution in [0.4, 0.5) is 0 Å². The third-order valence-corrected chi connectivity index (χ3v) is 5.50. The first-order chi connectivity index (χ1) is 12.3. The van der Waals surface area contributed by atoms with Crippen LogP contribution in [-0.4, -0.2) is 48.9 Å². The van der Waals surface area contributed by atoms with Crippen LogP contribution in [0.15, 0.2) is 35.1 Å². The summed E-state index contributed by atoms with van der Waals surface area (Å²) in [5, 5.41) is 1.09.